The van der Waals surface area contributed by atoms with Gasteiger partial charge in [-0.2, -0.15) is 0 Å². The SMILES string of the molecule is CCN(CC)CCc1ccc(N=C(c2ccccc2)c2c(O)[nH]c3cc(Cl)ccc23)cc1. The van der Waals surface area contributed by atoms with E-state index in [0.717, 1.165) is 48.2 Å². The summed E-state index contributed by atoms with van der Waals surface area (Å²) in [4.78, 5) is 10.4. The van der Waals surface area contributed by atoms with Gasteiger partial charge in [0.2, 0.25) is 0 Å². The number of nitrogens with zero attached hydrogens (tertiary/aromatic N) is 2. The van der Waals surface area contributed by atoms with Gasteiger partial charge in [0.25, 0.3) is 0 Å². The molecule has 0 aliphatic rings. The lowest BCUT2D eigenvalue weighted by atomic mass is 10.0. The highest BCUT2D eigenvalue weighted by Crippen LogP contribution is 2.32. The minimum atomic E-state index is 0.0840. The zero-order valence-corrected chi connectivity index (χ0v) is 19.2. The molecule has 1 aromatic heterocycles. The van der Waals surface area contributed by atoms with Gasteiger partial charge in [-0.3, -0.25) is 0 Å². The first kappa shape index (κ1) is 22.1. The van der Waals surface area contributed by atoms with Crippen LogP contribution in [0, 0.1) is 0 Å². The van der Waals surface area contributed by atoms with Gasteiger partial charge >= 0.3 is 0 Å². The summed E-state index contributed by atoms with van der Waals surface area (Å²) < 4.78 is 0. The molecule has 0 aliphatic carbocycles. The molecule has 0 unspecified atom stereocenters. The second kappa shape index (κ2) is 10.0. The molecule has 0 aliphatic heterocycles. The molecule has 5 heteroatoms. The van der Waals surface area contributed by atoms with E-state index >= 15 is 0 Å². The highest BCUT2D eigenvalue weighted by Gasteiger charge is 2.18. The number of aromatic hydroxyl groups is 1. The van der Waals surface area contributed by atoms with E-state index in [1.54, 1.807) is 0 Å². The van der Waals surface area contributed by atoms with Crippen LogP contribution in [0.1, 0.15) is 30.5 Å². The molecule has 4 aromatic rings. The van der Waals surface area contributed by atoms with E-state index in [9.17, 15) is 5.11 Å². The van der Waals surface area contributed by atoms with Crippen molar-refractivity contribution < 1.29 is 5.11 Å². The van der Waals surface area contributed by atoms with E-state index in [-0.39, 0.29) is 5.88 Å². The van der Waals surface area contributed by atoms with E-state index in [1.807, 2.05) is 60.7 Å². The van der Waals surface area contributed by atoms with Gasteiger partial charge in [-0.15, -0.1) is 0 Å². The summed E-state index contributed by atoms with van der Waals surface area (Å²) >= 11 is 6.15. The van der Waals surface area contributed by atoms with Gasteiger partial charge in [0.1, 0.15) is 0 Å². The van der Waals surface area contributed by atoms with Crippen LogP contribution in [0.3, 0.4) is 0 Å². The summed E-state index contributed by atoms with van der Waals surface area (Å²) in [5, 5.41) is 12.3. The Balaban J connectivity index is 1.72. The van der Waals surface area contributed by atoms with Crippen LogP contribution < -0.4 is 0 Å². The Morgan fingerprint density at radius 2 is 1.69 bits per heavy atom. The fourth-order valence-corrected chi connectivity index (χ4v) is 4.12. The minimum Gasteiger partial charge on any atom is -0.494 e. The molecule has 0 atom stereocenters. The van der Waals surface area contributed by atoms with E-state index < -0.39 is 0 Å². The van der Waals surface area contributed by atoms with Crippen molar-refractivity contribution in [3.8, 4) is 5.88 Å². The molecule has 32 heavy (non-hydrogen) atoms. The van der Waals surface area contributed by atoms with Crippen LogP contribution in [-0.4, -0.2) is 40.3 Å². The highest BCUT2D eigenvalue weighted by molar-refractivity contribution is 6.31. The number of fused-ring (bicyclic) bond motifs is 1. The normalized spacial score (nSPS) is 12.1. The van der Waals surface area contributed by atoms with E-state index in [2.05, 4.69) is 35.9 Å². The third-order valence-electron chi connectivity index (χ3n) is 5.81. The largest absolute Gasteiger partial charge is 0.494 e. The van der Waals surface area contributed by atoms with Gasteiger partial charge in [-0.25, -0.2) is 4.99 Å². The lowest BCUT2D eigenvalue weighted by molar-refractivity contribution is 0.308. The average Bonchev–Trinajstić information content (AvgIpc) is 3.14. The molecule has 0 saturated heterocycles. The summed E-state index contributed by atoms with van der Waals surface area (Å²) in [5.41, 5.74) is 5.24. The third-order valence-corrected chi connectivity index (χ3v) is 6.05. The molecule has 4 rings (SSSR count). The molecule has 0 amide bonds. The van der Waals surface area contributed by atoms with Gasteiger partial charge < -0.3 is 15.0 Å². The Bertz CT molecular complexity index is 1210. The van der Waals surface area contributed by atoms with Gasteiger partial charge in [-0.1, -0.05) is 74.0 Å². The van der Waals surface area contributed by atoms with Crippen molar-refractivity contribution >= 4 is 33.9 Å². The molecule has 0 spiro atoms. The molecular formula is C27H28ClN3O. The Kier molecular flexibility index (Phi) is 6.93. The smallest absolute Gasteiger partial charge is 0.199 e. The number of aromatic amines is 1. The van der Waals surface area contributed by atoms with Crippen molar-refractivity contribution in [1.29, 1.82) is 0 Å². The quantitative estimate of drug-likeness (QED) is 0.301. The number of benzene rings is 3. The second-order valence-electron chi connectivity index (χ2n) is 7.81. The highest BCUT2D eigenvalue weighted by atomic mass is 35.5. The number of aromatic nitrogens is 1. The topological polar surface area (TPSA) is 51.6 Å². The van der Waals surface area contributed by atoms with E-state index in [1.165, 1.54) is 5.56 Å². The van der Waals surface area contributed by atoms with Crippen LogP contribution >= 0.6 is 11.6 Å². The van der Waals surface area contributed by atoms with Gasteiger partial charge in [-0.05, 0) is 49.3 Å². The monoisotopic (exact) mass is 445 g/mol. The van der Waals surface area contributed by atoms with Crippen molar-refractivity contribution in [2.45, 2.75) is 20.3 Å². The second-order valence-corrected chi connectivity index (χ2v) is 8.24. The van der Waals surface area contributed by atoms with Crippen LogP contribution in [0.25, 0.3) is 10.9 Å². The van der Waals surface area contributed by atoms with Gasteiger partial charge in [0.05, 0.1) is 22.5 Å². The zero-order chi connectivity index (χ0) is 22.5. The fraction of sp³-hybridized carbons (Fsp3) is 0.222. The molecule has 0 radical (unpaired) electrons. The van der Waals surface area contributed by atoms with Crippen LogP contribution in [0.15, 0.2) is 77.8 Å². The number of rotatable bonds is 8. The maximum atomic E-state index is 10.8. The average molecular weight is 446 g/mol. The lowest BCUT2D eigenvalue weighted by Gasteiger charge is -2.17. The zero-order valence-electron chi connectivity index (χ0n) is 18.5. The standard InChI is InChI=1S/C27H28ClN3O/c1-3-31(4-2)17-16-19-10-13-22(14-11-19)29-26(20-8-6-5-7-9-20)25-23-15-12-21(28)18-24(23)30-27(25)32/h5-15,18,30,32H,3-4,16-17H2,1-2H3. The maximum absolute atomic E-state index is 10.8. The fourth-order valence-electron chi connectivity index (χ4n) is 3.95. The maximum Gasteiger partial charge on any atom is 0.199 e. The number of aliphatic imine (C=N–C) groups is 1. The van der Waals surface area contributed by atoms with Crippen molar-refractivity contribution in [1.82, 2.24) is 9.88 Å². The van der Waals surface area contributed by atoms with Crippen LogP contribution in [-0.2, 0) is 6.42 Å². The van der Waals surface area contributed by atoms with Crippen LogP contribution in [0.4, 0.5) is 5.69 Å². The predicted molar refractivity (Wildman–Crippen MR) is 135 cm³/mol. The molecule has 4 nitrogen and oxygen atoms in total. The number of likely N-dealkylation sites (N-methyl/N-ethyl adjacent to an activating group) is 1. The van der Waals surface area contributed by atoms with Crippen molar-refractivity contribution in [2.24, 2.45) is 4.99 Å². The van der Waals surface area contributed by atoms with Crippen molar-refractivity contribution in [3.63, 3.8) is 0 Å². The lowest BCUT2D eigenvalue weighted by Crippen LogP contribution is -2.25. The number of hydrogen-bond donors (Lipinski definition) is 2. The molecule has 0 bridgehead atoms. The summed E-state index contributed by atoms with van der Waals surface area (Å²) in [7, 11) is 0. The van der Waals surface area contributed by atoms with Gasteiger partial charge in [0.15, 0.2) is 5.88 Å². The Morgan fingerprint density at radius 1 is 0.969 bits per heavy atom. The van der Waals surface area contributed by atoms with Crippen molar-refractivity contribution in [2.75, 3.05) is 19.6 Å². The number of nitrogens with one attached hydrogen (secondary N) is 1. The first-order chi connectivity index (χ1) is 15.6. The molecule has 2 N–H and O–H groups in total. The number of H-pyrrole nitrogens is 1. The van der Waals surface area contributed by atoms with Gasteiger partial charge in [0, 0.05) is 22.5 Å². The Morgan fingerprint density at radius 3 is 2.38 bits per heavy atom. The minimum absolute atomic E-state index is 0.0840. The van der Waals surface area contributed by atoms with E-state index in [0.29, 0.717) is 16.3 Å². The summed E-state index contributed by atoms with van der Waals surface area (Å²) in [5.74, 6) is 0.0840. The van der Waals surface area contributed by atoms with Crippen molar-refractivity contribution in [3.05, 3.63) is 94.5 Å². The first-order valence-electron chi connectivity index (χ1n) is 11.0. The summed E-state index contributed by atoms with van der Waals surface area (Å²) in [6, 6.07) is 23.9. The third kappa shape index (κ3) is 4.87. The molecule has 0 fully saturated rings. The molecule has 1 heterocycles. The molecular weight excluding hydrogens is 418 g/mol. The molecule has 0 saturated carbocycles. The van der Waals surface area contributed by atoms with E-state index in [4.69, 9.17) is 16.6 Å². The van der Waals surface area contributed by atoms with Crippen LogP contribution in [0.5, 0.6) is 5.88 Å². The molecule has 3 aromatic carbocycles. The predicted octanol–water partition coefficient (Wildman–Crippen LogP) is 6.58. The number of halogens is 1. The Hall–Kier alpha value is -3.08. The first-order valence-corrected chi connectivity index (χ1v) is 11.4. The summed E-state index contributed by atoms with van der Waals surface area (Å²) in [6.07, 6.45) is 1.02. The molecule has 164 valence electrons. The van der Waals surface area contributed by atoms with Crippen LogP contribution in [0.2, 0.25) is 5.02 Å². The summed E-state index contributed by atoms with van der Waals surface area (Å²) in [6.45, 7) is 7.58. The number of hydrogen-bond acceptors (Lipinski definition) is 3. The Labute approximate surface area is 194 Å².